The van der Waals surface area contributed by atoms with Gasteiger partial charge in [0.15, 0.2) is 5.69 Å². The number of aromatic nitrogens is 3. The molecule has 0 bridgehead atoms. The number of hydrogen-bond donors (Lipinski definition) is 1. The van der Waals surface area contributed by atoms with Gasteiger partial charge in [-0.3, -0.25) is 4.79 Å². The Morgan fingerprint density at radius 1 is 1.52 bits per heavy atom. The molecule has 1 aromatic carbocycles. The van der Waals surface area contributed by atoms with E-state index in [-0.39, 0.29) is 12.0 Å². The van der Waals surface area contributed by atoms with Crippen LogP contribution in [0.25, 0.3) is 0 Å². The summed E-state index contributed by atoms with van der Waals surface area (Å²) in [6.45, 7) is 4.77. The van der Waals surface area contributed by atoms with Crippen molar-refractivity contribution in [1.29, 1.82) is 0 Å². The highest BCUT2D eigenvalue weighted by Gasteiger charge is 2.27. The van der Waals surface area contributed by atoms with Crippen molar-refractivity contribution in [3.8, 4) is 5.75 Å². The van der Waals surface area contributed by atoms with Crippen LogP contribution < -0.4 is 10.1 Å². The summed E-state index contributed by atoms with van der Waals surface area (Å²) in [5, 5.41) is 10.7. The Kier molecular flexibility index (Phi) is 4.38. The second kappa shape index (κ2) is 6.62. The third-order valence-electron chi connectivity index (χ3n) is 3.71. The van der Waals surface area contributed by atoms with Gasteiger partial charge in [-0.05, 0) is 17.7 Å². The molecule has 1 aliphatic rings. The van der Waals surface area contributed by atoms with Crippen molar-refractivity contribution in [2.24, 2.45) is 0 Å². The number of hydrogen-bond acceptors (Lipinski definition) is 5. The number of amides is 1. The van der Waals surface area contributed by atoms with Crippen LogP contribution in [0, 0.1) is 0 Å². The van der Waals surface area contributed by atoms with E-state index in [1.54, 1.807) is 17.9 Å². The van der Waals surface area contributed by atoms with Crippen molar-refractivity contribution < 1.29 is 14.3 Å². The van der Waals surface area contributed by atoms with E-state index < -0.39 is 0 Å². The number of ether oxygens (including phenoxy) is 2. The summed E-state index contributed by atoms with van der Waals surface area (Å²) in [5.41, 5.74) is 2.03. The van der Waals surface area contributed by atoms with Crippen molar-refractivity contribution >= 4 is 5.91 Å². The highest BCUT2D eigenvalue weighted by molar-refractivity contribution is 5.93. The first-order chi connectivity index (χ1) is 11.2. The molecule has 3 rings (SSSR count). The van der Waals surface area contributed by atoms with Gasteiger partial charge in [0.25, 0.3) is 5.91 Å². The SMILES string of the molecule is C=CCNC(=O)c1nnn2c1CO[C@@H](c1ccc(OC)cc1)C2. The molecule has 0 saturated heterocycles. The predicted octanol–water partition coefficient (Wildman–Crippen LogP) is 1.47. The molecule has 0 aliphatic carbocycles. The van der Waals surface area contributed by atoms with Crippen LogP contribution in [0.2, 0.25) is 0 Å². The Bertz CT molecular complexity index is 709. The van der Waals surface area contributed by atoms with E-state index in [1.807, 2.05) is 24.3 Å². The lowest BCUT2D eigenvalue weighted by Gasteiger charge is -2.24. The first kappa shape index (κ1) is 15.2. The van der Waals surface area contributed by atoms with Gasteiger partial charge in [0.1, 0.15) is 11.9 Å². The van der Waals surface area contributed by atoms with E-state index in [1.165, 1.54) is 0 Å². The molecule has 0 saturated carbocycles. The number of nitrogens with one attached hydrogen (secondary N) is 1. The van der Waals surface area contributed by atoms with E-state index in [9.17, 15) is 4.79 Å². The fourth-order valence-electron chi connectivity index (χ4n) is 2.46. The monoisotopic (exact) mass is 314 g/mol. The summed E-state index contributed by atoms with van der Waals surface area (Å²) in [7, 11) is 1.63. The normalized spacial score (nSPS) is 16.5. The summed E-state index contributed by atoms with van der Waals surface area (Å²) in [6.07, 6.45) is 1.49. The largest absolute Gasteiger partial charge is 0.497 e. The zero-order valence-electron chi connectivity index (χ0n) is 12.9. The molecular formula is C16H18N4O3. The number of fused-ring (bicyclic) bond motifs is 1. The summed E-state index contributed by atoms with van der Waals surface area (Å²) in [5.74, 6) is 0.532. The van der Waals surface area contributed by atoms with Gasteiger partial charge in [-0.15, -0.1) is 11.7 Å². The van der Waals surface area contributed by atoms with Crippen LogP contribution in [0.1, 0.15) is 27.8 Å². The van der Waals surface area contributed by atoms with E-state index >= 15 is 0 Å². The highest BCUT2D eigenvalue weighted by atomic mass is 16.5. The molecule has 1 aliphatic heterocycles. The Morgan fingerprint density at radius 2 is 2.30 bits per heavy atom. The number of carbonyl (C=O) groups is 1. The van der Waals surface area contributed by atoms with Crippen LogP contribution in [0.5, 0.6) is 5.75 Å². The first-order valence-electron chi connectivity index (χ1n) is 7.30. The average molecular weight is 314 g/mol. The van der Waals surface area contributed by atoms with Crippen molar-refractivity contribution in [2.45, 2.75) is 19.3 Å². The summed E-state index contributed by atoms with van der Waals surface area (Å²) in [4.78, 5) is 12.0. The minimum atomic E-state index is -0.266. The number of benzene rings is 1. The molecule has 7 nitrogen and oxygen atoms in total. The Labute approximate surface area is 133 Å². The molecule has 1 N–H and O–H groups in total. The third-order valence-corrected chi connectivity index (χ3v) is 3.71. The quantitative estimate of drug-likeness (QED) is 0.846. The number of methoxy groups -OCH3 is 1. The van der Waals surface area contributed by atoms with Gasteiger partial charge in [0.05, 0.1) is 26.0 Å². The maximum absolute atomic E-state index is 12.0. The van der Waals surface area contributed by atoms with Gasteiger partial charge in [-0.2, -0.15) is 0 Å². The van der Waals surface area contributed by atoms with Crippen molar-refractivity contribution in [3.63, 3.8) is 0 Å². The van der Waals surface area contributed by atoms with Crippen LogP contribution >= 0.6 is 0 Å². The summed E-state index contributed by atoms with van der Waals surface area (Å²) < 4.78 is 12.8. The standard InChI is InChI=1S/C16H18N4O3/c1-3-8-17-16(21)15-13-10-23-14(9-20(13)19-18-15)11-4-6-12(22-2)7-5-11/h3-7,14H,1,8-10H2,2H3,(H,17,21)/t14-/m1/s1. The van der Waals surface area contributed by atoms with Crippen LogP contribution in [0.4, 0.5) is 0 Å². The minimum Gasteiger partial charge on any atom is -0.497 e. The lowest BCUT2D eigenvalue weighted by atomic mass is 10.1. The summed E-state index contributed by atoms with van der Waals surface area (Å²) >= 11 is 0. The Morgan fingerprint density at radius 3 is 3.00 bits per heavy atom. The molecule has 1 amide bonds. The first-order valence-corrected chi connectivity index (χ1v) is 7.30. The molecular weight excluding hydrogens is 296 g/mol. The molecule has 0 fully saturated rings. The van der Waals surface area contributed by atoms with Gasteiger partial charge >= 0.3 is 0 Å². The summed E-state index contributed by atoms with van der Waals surface area (Å²) in [6, 6.07) is 7.71. The zero-order chi connectivity index (χ0) is 16.2. The van der Waals surface area contributed by atoms with Gasteiger partial charge in [0, 0.05) is 6.54 Å². The molecule has 1 aromatic heterocycles. The van der Waals surface area contributed by atoms with E-state index in [0.29, 0.717) is 31.1 Å². The van der Waals surface area contributed by atoms with E-state index in [2.05, 4.69) is 22.2 Å². The number of rotatable bonds is 5. The second-order valence-corrected chi connectivity index (χ2v) is 5.14. The molecule has 120 valence electrons. The van der Waals surface area contributed by atoms with Gasteiger partial charge < -0.3 is 14.8 Å². The van der Waals surface area contributed by atoms with Gasteiger partial charge in [0.2, 0.25) is 0 Å². The molecule has 0 unspecified atom stereocenters. The second-order valence-electron chi connectivity index (χ2n) is 5.14. The van der Waals surface area contributed by atoms with E-state index in [4.69, 9.17) is 9.47 Å². The maximum atomic E-state index is 12.0. The highest BCUT2D eigenvalue weighted by Crippen LogP contribution is 2.28. The third kappa shape index (κ3) is 3.09. The molecule has 2 aromatic rings. The van der Waals surface area contributed by atoms with Gasteiger partial charge in [-0.1, -0.05) is 23.4 Å². The smallest absolute Gasteiger partial charge is 0.274 e. The Hall–Kier alpha value is -2.67. The van der Waals surface area contributed by atoms with Crippen LogP contribution in [-0.2, 0) is 17.9 Å². The fourth-order valence-corrected chi connectivity index (χ4v) is 2.46. The van der Waals surface area contributed by atoms with Crippen LogP contribution in [-0.4, -0.2) is 34.6 Å². The lowest BCUT2D eigenvalue weighted by Crippen LogP contribution is -2.27. The van der Waals surface area contributed by atoms with Crippen molar-refractivity contribution in [2.75, 3.05) is 13.7 Å². The topological polar surface area (TPSA) is 78.3 Å². The van der Waals surface area contributed by atoms with Crippen molar-refractivity contribution in [3.05, 3.63) is 53.9 Å². The Balaban J connectivity index is 1.75. The lowest BCUT2D eigenvalue weighted by molar-refractivity contribution is -0.00178. The number of nitrogens with zero attached hydrogens (tertiary/aromatic N) is 3. The van der Waals surface area contributed by atoms with Crippen LogP contribution in [0.3, 0.4) is 0 Å². The molecule has 0 spiro atoms. The van der Waals surface area contributed by atoms with E-state index in [0.717, 1.165) is 11.3 Å². The fraction of sp³-hybridized carbons (Fsp3) is 0.312. The molecule has 23 heavy (non-hydrogen) atoms. The number of carbonyl (C=O) groups excluding carboxylic acids is 1. The minimum absolute atomic E-state index is 0.126. The zero-order valence-corrected chi connectivity index (χ0v) is 12.9. The van der Waals surface area contributed by atoms with Crippen LogP contribution in [0.15, 0.2) is 36.9 Å². The van der Waals surface area contributed by atoms with Gasteiger partial charge in [-0.25, -0.2) is 4.68 Å². The average Bonchev–Trinajstić information content (AvgIpc) is 3.03. The maximum Gasteiger partial charge on any atom is 0.274 e. The van der Waals surface area contributed by atoms with Crippen molar-refractivity contribution in [1.82, 2.24) is 20.3 Å². The molecule has 0 radical (unpaired) electrons. The molecule has 2 heterocycles. The predicted molar refractivity (Wildman–Crippen MR) is 83.1 cm³/mol. The molecule has 7 heteroatoms. The molecule has 1 atom stereocenters.